The van der Waals surface area contributed by atoms with Gasteiger partial charge >= 0.3 is 0 Å². The first-order chi connectivity index (χ1) is 10.2. The lowest BCUT2D eigenvalue weighted by atomic mass is 9.62. The van der Waals surface area contributed by atoms with Gasteiger partial charge in [0.05, 0.1) is 19.3 Å². The van der Waals surface area contributed by atoms with Gasteiger partial charge in [0.2, 0.25) is 0 Å². The van der Waals surface area contributed by atoms with E-state index in [1.807, 2.05) is 0 Å². The molecule has 0 aromatic carbocycles. The Labute approximate surface area is 133 Å². The van der Waals surface area contributed by atoms with E-state index < -0.39 is 0 Å². The van der Waals surface area contributed by atoms with Crippen LogP contribution in [0.3, 0.4) is 0 Å². The Morgan fingerprint density at radius 1 is 0.682 bits per heavy atom. The molecule has 0 radical (unpaired) electrons. The van der Waals surface area contributed by atoms with Crippen LogP contribution in [0.1, 0.15) is 64.2 Å². The first-order valence-electron chi connectivity index (χ1n) is 9.20. The number of hydrogen-bond donors (Lipinski definition) is 1. The van der Waals surface area contributed by atoms with Crippen molar-refractivity contribution in [1.29, 1.82) is 0 Å². The molecule has 1 saturated heterocycles. The van der Waals surface area contributed by atoms with Crippen LogP contribution in [0.15, 0.2) is 0 Å². The van der Waals surface area contributed by atoms with E-state index >= 15 is 0 Å². The van der Waals surface area contributed by atoms with E-state index in [0.717, 1.165) is 62.6 Å². The normalized spacial score (nSPS) is 41.9. The third kappa shape index (κ3) is 3.21. The summed E-state index contributed by atoms with van der Waals surface area (Å²) in [6, 6.07) is 0. The van der Waals surface area contributed by atoms with Gasteiger partial charge in [-0.15, -0.1) is 0 Å². The Morgan fingerprint density at radius 2 is 1.23 bits per heavy atom. The largest absolute Gasteiger partial charge is 0.412 e. The highest BCUT2D eigenvalue weighted by molar-refractivity contribution is 4.91. The molecule has 1 aliphatic heterocycles. The lowest BCUT2D eigenvalue weighted by Gasteiger charge is -2.45. The minimum atomic E-state index is -0.192. The van der Waals surface area contributed by atoms with Gasteiger partial charge < -0.3 is 20.1 Å². The highest BCUT2D eigenvalue weighted by Gasteiger charge is 2.44. The predicted octanol–water partition coefficient (Wildman–Crippen LogP) is 2.67. The maximum atomic E-state index is 9.85. The van der Waals surface area contributed by atoms with Crippen molar-refractivity contribution >= 4 is 0 Å². The zero-order valence-corrected chi connectivity index (χ0v) is 13.6. The molecule has 4 rings (SSSR count). The molecule has 4 unspecified atom stereocenters. The third-order valence-corrected chi connectivity index (χ3v) is 6.90. The van der Waals surface area contributed by atoms with Gasteiger partial charge in [-0.1, -0.05) is 0 Å². The van der Waals surface area contributed by atoms with Crippen molar-refractivity contribution in [3.8, 4) is 0 Å². The number of hydrogen-bond acceptors (Lipinski definition) is 3. The molecule has 4 heteroatoms. The van der Waals surface area contributed by atoms with Crippen LogP contribution in [0.4, 0.5) is 0 Å². The summed E-state index contributed by atoms with van der Waals surface area (Å²) in [6.07, 6.45) is 12.4. The van der Waals surface area contributed by atoms with Gasteiger partial charge in [-0.05, 0) is 75.0 Å². The van der Waals surface area contributed by atoms with E-state index in [1.54, 1.807) is 0 Å². The molecule has 0 amide bonds. The molecule has 3 aliphatic carbocycles. The second-order valence-corrected chi connectivity index (χ2v) is 8.01. The predicted molar refractivity (Wildman–Crippen MR) is 84.4 cm³/mol. The topological polar surface area (TPSA) is 70.2 Å². The van der Waals surface area contributed by atoms with Crippen molar-refractivity contribution < 1.29 is 20.1 Å². The van der Waals surface area contributed by atoms with Crippen LogP contribution in [-0.2, 0) is 9.47 Å². The third-order valence-electron chi connectivity index (χ3n) is 6.90. The molecule has 4 atom stereocenters. The molecule has 128 valence electrons. The lowest BCUT2D eigenvalue weighted by molar-refractivity contribution is -0.186. The van der Waals surface area contributed by atoms with Gasteiger partial charge in [0, 0.05) is 12.8 Å². The Kier molecular flexibility index (Phi) is 5.13. The highest BCUT2D eigenvalue weighted by Crippen LogP contribution is 2.49. The summed E-state index contributed by atoms with van der Waals surface area (Å²) in [5, 5.41) is 9.85. The molecule has 1 spiro atoms. The smallest absolute Gasteiger partial charge is 0.168 e. The van der Waals surface area contributed by atoms with Crippen molar-refractivity contribution in [2.45, 2.75) is 76.1 Å². The molecule has 4 aliphatic rings. The molecule has 0 aromatic heterocycles. The number of aliphatic hydroxyl groups excluding tert-OH is 1. The fourth-order valence-electron chi connectivity index (χ4n) is 5.67. The standard InChI is InChI=1S/C18H30O3.H2O/c19-17-4-3-15-11-14(1-2-16(15)12-17)13-5-7-18(8-6-13)20-9-10-21-18;/h13-17,19H,1-12H2;1H2. The van der Waals surface area contributed by atoms with Gasteiger partial charge in [-0.2, -0.15) is 0 Å². The van der Waals surface area contributed by atoms with E-state index in [2.05, 4.69) is 0 Å². The molecule has 4 nitrogen and oxygen atoms in total. The second kappa shape index (κ2) is 6.76. The Balaban J connectivity index is 0.00000144. The Bertz CT molecular complexity index is 356. The molecule has 22 heavy (non-hydrogen) atoms. The number of ether oxygens (including phenoxy) is 2. The molecule has 0 aromatic rings. The summed E-state index contributed by atoms with van der Waals surface area (Å²) < 4.78 is 11.7. The molecule has 1 heterocycles. The van der Waals surface area contributed by atoms with Crippen molar-refractivity contribution in [3.05, 3.63) is 0 Å². The molecule has 4 fully saturated rings. The molecule has 3 N–H and O–H groups in total. The minimum absolute atomic E-state index is 0. The summed E-state index contributed by atoms with van der Waals surface area (Å²) in [4.78, 5) is 0. The van der Waals surface area contributed by atoms with Gasteiger partial charge in [-0.25, -0.2) is 0 Å². The molecular formula is C18H32O4. The maximum absolute atomic E-state index is 9.85. The fourth-order valence-corrected chi connectivity index (χ4v) is 5.67. The highest BCUT2D eigenvalue weighted by atomic mass is 16.7. The van der Waals surface area contributed by atoms with Crippen LogP contribution in [0.5, 0.6) is 0 Å². The van der Waals surface area contributed by atoms with Crippen LogP contribution < -0.4 is 0 Å². The first kappa shape index (κ1) is 16.7. The van der Waals surface area contributed by atoms with Crippen molar-refractivity contribution in [3.63, 3.8) is 0 Å². The summed E-state index contributed by atoms with van der Waals surface area (Å²) in [5.41, 5.74) is 0. The molecular weight excluding hydrogens is 280 g/mol. The summed E-state index contributed by atoms with van der Waals surface area (Å²) in [6.45, 7) is 1.58. The maximum Gasteiger partial charge on any atom is 0.168 e. The van der Waals surface area contributed by atoms with E-state index in [1.165, 1.54) is 38.5 Å². The van der Waals surface area contributed by atoms with Crippen molar-refractivity contribution in [2.24, 2.45) is 23.7 Å². The average Bonchev–Trinajstić information content (AvgIpc) is 2.96. The van der Waals surface area contributed by atoms with E-state index in [4.69, 9.17) is 9.47 Å². The number of rotatable bonds is 1. The quantitative estimate of drug-likeness (QED) is 0.809. The summed E-state index contributed by atoms with van der Waals surface area (Å²) in [7, 11) is 0. The van der Waals surface area contributed by atoms with Crippen LogP contribution >= 0.6 is 0 Å². The number of fused-ring (bicyclic) bond motifs is 1. The van der Waals surface area contributed by atoms with E-state index in [-0.39, 0.29) is 17.4 Å². The van der Waals surface area contributed by atoms with E-state index in [0.29, 0.717) is 0 Å². The summed E-state index contributed by atoms with van der Waals surface area (Å²) in [5.74, 6) is 3.36. The molecule has 3 saturated carbocycles. The SMILES string of the molecule is O.OC1CCC2CC(C3CCC4(CC3)OCCO4)CCC2C1. The van der Waals surface area contributed by atoms with Crippen molar-refractivity contribution in [1.82, 2.24) is 0 Å². The van der Waals surface area contributed by atoms with Crippen molar-refractivity contribution in [2.75, 3.05) is 13.2 Å². The van der Waals surface area contributed by atoms with Crippen LogP contribution in [0.25, 0.3) is 0 Å². The minimum Gasteiger partial charge on any atom is -0.412 e. The zero-order chi connectivity index (χ0) is 14.3. The Hall–Kier alpha value is -0.160. The lowest BCUT2D eigenvalue weighted by Crippen LogP contribution is -2.39. The van der Waals surface area contributed by atoms with Gasteiger partial charge in [0.1, 0.15) is 0 Å². The molecule has 0 bridgehead atoms. The van der Waals surface area contributed by atoms with Gasteiger partial charge in [-0.3, -0.25) is 0 Å². The van der Waals surface area contributed by atoms with Crippen LogP contribution in [-0.4, -0.2) is 35.7 Å². The van der Waals surface area contributed by atoms with Crippen LogP contribution in [0.2, 0.25) is 0 Å². The zero-order valence-electron chi connectivity index (χ0n) is 13.6. The van der Waals surface area contributed by atoms with Gasteiger partial charge in [0.25, 0.3) is 0 Å². The summed E-state index contributed by atoms with van der Waals surface area (Å²) >= 11 is 0. The second-order valence-electron chi connectivity index (χ2n) is 8.01. The monoisotopic (exact) mass is 312 g/mol. The first-order valence-corrected chi connectivity index (χ1v) is 9.20. The van der Waals surface area contributed by atoms with Crippen LogP contribution in [0, 0.1) is 23.7 Å². The number of aliphatic hydroxyl groups is 1. The van der Waals surface area contributed by atoms with E-state index in [9.17, 15) is 5.11 Å². The fraction of sp³-hybridized carbons (Fsp3) is 1.00. The average molecular weight is 312 g/mol. The Morgan fingerprint density at radius 3 is 1.91 bits per heavy atom. The van der Waals surface area contributed by atoms with Gasteiger partial charge in [0.15, 0.2) is 5.79 Å².